The molecular weight excluding hydrogens is 220 g/mol. The van der Waals surface area contributed by atoms with E-state index < -0.39 is 37.6 Å². The normalized spacial score (nSPS) is 23.5. The van der Waals surface area contributed by atoms with Crippen molar-refractivity contribution in [1.82, 2.24) is 4.90 Å². The number of likely N-dealkylation sites (tertiary alicyclic amines) is 1. The van der Waals surface area contributed by atoms with E-state index in [1.165, 1.54) is 0 Å². The summed E-state index contributed by atoms with van der Waals surface area (Å²) in [5.41, 5.74) is 0. The minimum absolute atomic E-state index is 0.232. The van der Waals surface area contributed by atoms with Crippen LogP contribution in [0.5, 0.6) is 0 Å². The topological polar surface area (TPSA) is 49.8 Å². The molecule has 0 aromatic rings. The van der Waals surface area contributed by atoms with E-state index in [-0.39, 0.29) is 6.61 Å². The van der Waals surface area contributed by atoms with Gasteiger partial charge >= 0.3 is 6.09 Å². The molecule has 0 aliphatic carbocycles. The Bertz CT molecular complexity index is 248. The van der Waals surface area contributed by atoms with Crippen molar-refractivity contribution in [3.63, 3.8) is 0 Å². The Labute approximate surface area is 93.2 Å². The lowest BCUT2D eigenvalue weighted by atomic mass is 10.2. The predicted octanol–water partition coefficient (Wildman–Crippen LogP) is 1.63. The highest BCUT2D eigenvalue weighted by Gasteiger charge is 2.47. The van der Waals surface area contributed by atoms with Crippen molar-refractivity contribution in [3.8, 4) is 0 Å². The summed E-state index contributed by atoms with van der Waals surface area (Å²) in [6.07, 6.45) is 0.323. The largest absolute Gasteiger partial charge is 0.449 e. The van der Waals surface area contributed by atoms with Crippen LogP contribution in [0.2, 0.25) is 0 Å². The van der Waals surface area contributed by atoms with Crippen LogP contribution in [0.15, 0.2) is 0 Å². The van der Waals surface area contributed by atoms with Crippen LogP contribution >= 0.6 is 0 Å². The van der Waals surface area contributed by atoms with E-state index in [9.17, 15) is 13.6 Å². The smallest absolute Gasteiger partial charge is 0.410 e. The van der Waals surface area contributed by atoms with E-state index in [0.717, 1.165) is 11.3 Å². The fourth-order valence-corrected chi connectivity index (χ4v) is 1.66. The fourth-order valence-electron chi connectivity index (χ4n) is 1.66. The summed E-state index contributed by atoms with van der Waals surface area (Å²) in [4.78, 5) is 12.3. The van der Waals surface area contributed by atoms with Crippen LogP contribution < -0.4 is 0 Å². The number of unbranched alkanes of at least 4 members (excludes halogenated alkanes) is 1. The van der Waals surface area contributed by atoms with Crippen LogP contribution in [0, 0.1) is 0 Å². The van der Waals surface area contributed by atoms with Gasteiger partial charge < -0.3 is 9.84 Å². The van der Waals surface area contributed by atoms with Crippen LogP contribution in [0.1, 0.15) is 26.2 Å². The first-order valence-corrected chi connectivity index (χ1v) is 5.42. The Morgan fingerprint density at radius 1 is 1.62 bits per heavy atom. The molecule has 16 heavy (non-hydrogen) atoms. The average molecular weight is 237 g/mol. The second-order valence-corrected chi connectivity index (χ2v) is 3.99. The van der Waals surface area contributed by atoms with Crippen molar-refractivity contribution in [2.75, 3.05) is 19.8 Å². The fraction of sp³-hybridized carbons (Fsp3) is 0.900. The first-order chi connectivity index (χ1) is 7.50. The summed E-state index contributed by atoms with van der Waals surface area (Å²) in [6.45, 7) is 1.05. The maximum atomic E-state index is 13.0. The number of aliphatic hydroxyl groups excluding tert-OH is 1. The number of nitrogens with zero attached hydrogens (tertiary/aromatic N) is 1. The zero-order valence-corrected chi connectivity index (χ0v) is 9.29. The summed E-state index contributed by atoms with van der Waals surface area (Å²) in [5, 5.41) is 8.91. The molecule has 0 bridgehead atoms. The van der Waals surface area contributed by atoms with Crippen molar-refractivity contribution in [2.24, 2.45) is 0 Å². The number of carbonyl (C=O) groups excluding carboxylic acids is 1. The molecule has 0 aromatic carbocycles. The van der Waals surface area contributed by atoms with E-state index in [0.29, 0.717) is 6.42 Å². The number of amides is 1. The molecule has 1 amide bonds. The van der Waals surface area contributed by atoms with Crippen LogP contribution in [-0.2, 0) is 4.74 Å². The summed E-state index contributed by atoms with van der Waals surface area (Å²) in [7, 11) is 0. The van der Waals surface area contributed by atoms with Crippen molar-refractivity contribution < 1.29 is 23.4 Å². The average Bonchev–Trinajstić information content (AvgIpc) is 2.54. The minimum Gasteiger partial charge on any atom is -0.449 e. The molecule has 6 heteroatoms. The number of hydrogen-bond acceptors (Lipinski definition) is 3. The zero-order chi connectivity index (χ0) is 12.2. The Morgan fingerprint density at radius 3 is 2.88 bits per heavy atom. The molecule has 4 nitrogen and oxygen atoms in total. The van der Waals surface area contributed by atoms with E-state index in [2.05, 4.69) is 0 Å². The number of ether oxygens (including phenoxy) is 1. The van der Waals surface area contributed by atoms with Gasteiger partial charge in [0, 0.05) is 6.42 Å². The molecule has 0 radical (unpaired) electrons. The number of rotatable bonds is 4. The molecular formula is C10H17F2NO3. The molecule has 94 valence electrons. The summed E-state index contributed by atoms with van der Waals surface area (Å²) >= 11 is 0. The van der Waals surface area contributed by atoms with Crippen LogP contribution in [0.3, 0.4) is 0 Å². The van der Waals surface area contributed by atoms with Gasteiger partial charge in [-0.3, -0.25) is 4.90 Å². The minimum atomic E-state index is -2.92. The Hall–Kier alpha value is -0.910. The van der Waals surface area contributed by atoms with Gasteiger partial charge in [0.1, 0.15) is 0 Å². The summed E-state index contributed by atoms with van der Waals surface area (Å²) < 4.78 is 30.9. The van der Waals surface area contributed by atoms with Gasteiger partial charge in [-0.05, 0) is 6.42 Å². The van der Waals surface area contributed by atoms with Crippen molar-refractivity contribution in [2.45, 2.75) is 38.2 Å². The van der Waals surface area contributed by atoms with E-state index in [1.807, 2.05) is 6.92 Å². The van der Waals surface area contributed by atoms with Crippen molar-refractivity contribution >= 4 is 6.09 Å². The quantitative estimate of drug-likeness (QED) is 0.756. The Morgan fingerprint density at radius 2 is 2.31 bits per heavy atom. The number of carbonyl (C=O) groups is 1. The van der Waals surface area contributed by atoms with E-state index >= 15 is 0 Å². The van der Waals surface area contributed by atoms with Crippen LogP contribution in [-0.4, -0.2) is 47.8 Å². The summed E-state index contributed by atoms with van der Waals surface area (Å²) in [5.74, 6) is -2.92. The SMILES string of the molecule is CCCCOC(=O)N1CC(F)(F)C[C@H]1CO. The molecule has 0 saturated carbocycles. The molecule has 1 aliphatic heterocycles. The molecule has 1 fully saturated rings. The molecule has 0 unspecified atom stereocenters. The van der Waals surface area contributed by atoms with E-state index in [1.54, 1.807) is 0 Å². The summed E-state index contributed by atoms with van der Waals surface area (Å²) in [6, 6.07) is -0.830. The lowest BCUT2D eigenvalue weighted by molar-refractivity contribution is 0.0104. The van der Waals surface area contributed by atoms with Gasteiger partial charge in [0.15, 0.2) is 0 Å². The highest BCUT2D eigenvalue weighted by molar-refractivity contribution is 5.68. The number of aliphatic hydroxyl groups is 1. The van der Waals surface area contributed by atoms with Gasteiger partial charge in [0.05, 0.1) is 25.8 Å². The highest BCUT2D eigenvalue weighted by Crippen LogP contribution is 2.32. The van der Waals surface area contributed by atoms with Gasteiger partial charge in [-0.2, -0.15) is 0 Å². The van der Waals surface area contributed by atoms with Gasteiger partial charge in [-0.25, -0.2) is 13.6 Å². The van der Waals surface area contributed by atoms with Gasteiger partial charge in [0.25, 0.3) is 5.92 Å². The monoisotopic (exact) mass is 237 g/mol. The second kappa shape index (κ2) is 5.43. The maximum Gasteiger partial charge on any atom is 0.410 e. The molecule has 0 spiro atoms. The lowest BCUT2D eigenvalue weighted by Gasteiger charge is -2.21. The molecule has 1 N–H and O–H groups in total. The maximum absolute atomic E-state index is 13.0. The highest BCUT2D eigenvalue weighted by atomic mass is 19.3. The third-order valence-corrected chi connectivity index (χ3v) is 2.55. The van der Waals surface area contributed by atoms with Gasteiger partial charge in [0.2, 0.25) is 0 Å². The molecule has 0 aromatic heterocycles. The standard InChI is InChI=1S/C10H17F2NO3/c1-2-3-4-16-9(15)13-7-10(11,12)5-8(13)6-14/h8,14H,2-7H2,1H3/t8-/m0/s1. The molecule has 1 rings (SSSR count). The van der Waals surface area contributed by atoms with Crippen molar-refractivity contribution in [1.29, 1.82) is 0 Å². The van der Waals surface area contributed by atoms with Crippen LogP contribution in [0.25, 0.3) is 0 Å². The van der Waals surface area contributed by atoms with Crippen LogP contribution in [0.4, 0.5) is 13.6 Å². The predicted molar refractivity (Wildman–Crippen MR) is 53.4 cm³/mol. The third-order valence-electron chi connectivity index (χ3n) is 2.55. The second-order valence-electron chi connectivity index (χ2n) is 3.99. The number of halogens is 2. The Balaban J connectivity index is 2.48. The molecule has 1 saturated heterocycles. The number of hydrogen-bond donors (Lipinski definition) is 1. The van der Waals surface area contributed by atoms with Crippen molar-refractivity contribution in [3.05, 3.63) is 0 Å². The first-order valence-electron chi connectivity index (χ1n) is 5.42. The molecule has 1 aliphatic rings. The third kappa shape index (κ3) is 3.30. The number of alkyl halides is 2. The molecule has 1 heterocycles. The first kappa shape index (κ1) is 13.2. The van der Waals surface area contributed by atoms with Gasteiger partial charge in [-0.1, -0.05) is 13.3 Å². The molecule has 1 atom stereocenters. The zero-order valence-electron chi connectivity index (χ0n) is 9.29. The lowest BCUT2D eigenvalue weighted by Crippen LogP contribution is -2.38. The van der Waals surface area contributed by atoms with Gasteiger partial charge in [-0.15, -0.1) is 0 Å². The van der Waals surface area contributed by atoms with E-state index in [4.69, 9.17) is 9.84 Å². The Kier molecular flexibility index (Phi) is 4.46.